The molecule has 0 aromatic rings. The van der Waals surface area contributed by atoms with Crippen molar-refractivity contribution in [3.63, 3.8) is 0 Å². The molecule has 0 spiro atoms. The predicted octanol–water partition coefficient (Wildman–Crippen LogP) is 3.37. The molecule has 1 heterocycles. The Morgan fingerprint density at radius 1 is 1.38 bits per heavy atom. The van der Waals surface area contributed by atoms with Crippen molar-refractivity contribution >= 4 is 11.6 Å². The molecule has 2 fully saturated rings. The van der Waals surface area contributed by atoms with Crippen molar-refractivity contribution in [1.82, 2.24) is 0 Å². The van der Waals surface area contributed by atoms with Crippen molar-refractivity contribution < 1.29 is 9.47 Å². The highest BCUT2D eigenvalue weighted by Gasteiger charge is 2.52. The van der Waals surface area contributed by atoms with Gasteiger partial charge in [-0.05, 0) is 32.1 Å². The Balaban J connectivity index is 1.81. The fourth-order valence-corrected chi connectivity index (χ4v) is 3.69. The largest absolute Gasteiger partial charge is 0.376 e. The summed E-state index contributed by atoms with van der Waals surface area (Å²) in [5.74, 6) is 0. The Labute approximate surface area is 104 Å². The first kappa shape index (κ1) is 12.7. The lowest BCUT2D eigenvalue weighted by molar-refractivity contribution is -0.131. The third kappa shape index (κ3) is 2.12. The van der Waals surface area contributed by atoms with Gasteiger partial charge in [0.1, 0.15) is 0 Å². The number of hydrogen-bond acceptors (Lipinski definition) is 2. The molecule has 94 valence electrons. The highest BCUT2D eigenvalue weighted by Crippen LogP contribution is 2.51. The minimum Gasteiger partial charge on any atom is -0.376 e. The summed E-state index contributed by atoms with van der Waals surface area (Å²) < 4.78 is 11.6. The molecule has 2 rings (SSSR count). The molecule has 3 atom stereocenters. The lowest BCUT2D eigenvalue weighted by Gasteiger charge is -2.52. The highest BCUT2D eigenvalue weighted by atomic mass is 35.5. The van der Waals surface area contributed by atoms with Gasteiger partial charge in [-0.2, -0.15) is 0 Å². The van der Waals surface area contributed by atoms with Crippen LogP contribution in [-0.4, -0.2) is 30.8 Å². The molecule has 16 heavy (non-hydrogen) atoms. The summed E-state index contributed by atoms with van der Waals surface area (Å²) in [6.07, 6.45) is 6.28. The van der Waals surface area contributed by atoms with Gasteiger partial charge in [-0.1, -0.05) is 13.8 Å². The van der Waals surface area contributed by atoms with Crippen LogP contribution in [0.25, 0.3) is 0 Å². The van der Waals surface area contributed by atoms with Gasteiger partial charge in [-0.25, -0.2) is 0 Å². The molecule has 1 aliphatic carbocycles. The zero-order valence-corrected chi connectivity index (χ0v) is 11.1. The molecule has 0 radical (unpaired) electrons. The Bertz CT molecular complexity index is 222. The molecule has 3 unspecified atom stereocenters. The van der Waals surface area contributed by atoms with E-state index >= 15 is 0 Å². The average Bonchev–Trinajstić information content (AvgIpc) is 2.78. The second-order valence-electron chi connectivity index (χ2n) is 5.10. The number of alkyl halides is 1. The topological polar surface area (TPSA) is 18.5 Å². The third-order valence-electron chi connectivity index (χ3n) is 4.51. The van der Waals surface area contributed by atoms with Crippen LogP contribution in [0.2, 0.25) is 0 Å². The van der Waals surface area contributed by atoms with E-state index in [9.17, 15) is 0 Å². The molecule has 0 aromatic heterocycles. The first-order valence-corrected chi connectivity index (χ1v) is 7.04. The van der Waals surface area contributed by atoms with E-state index in [2.05, 4.69) is 13.8 Å². The molecule has 1 aliphatic heterocycles. The molecule has 0 amide bonds. The minimum atomic E-state index is 0.222. The van der Waals surface area contributed by atoms with Gasteiger partial charge in [-0.15, -0.1) is 11.6 Å². The summed E-state index contributed by atoms with van der Waals surface area (Å²) >= 11 is 6.35. The summed E-state index contributed by atoms with van der Waals surface area (Å²) in [5, 5.41) is 0.303. The van der Waals surface area contributed by atoms with Gasteiger partial charge in [-0.3, -0.25) is 0 Å². The molecule has 0 aromatic carbocycles. The zero-order valence-electron chi connectivity index (χ0n) is 10.4. The summed E-state index contributed by atoms with van der Waals surface area (Å²) in [6.45, 7) is 6.11. The molecule has 0 bridgehead atoms. The SMILES string of the molecule is CCC1(CC)C(Cl)CC1OCC1CCCO1. The first-order chi connectivity index (χ1) is 7.73. The third-order valence-corrected chi connectivity index (χ3v) is 5.12. The number of halogens is 1. The lowest BCUT2D eigenvalue weighted by atomic mass is 9.62. The van der Waals surface area contributed by atoms with E-state index in [-0.39, 0.29) is 5.41 Å². The Morgan fingerprint density at radius 2 is 2.12 bits per heavy atom. The van der Waals surface area contributed by atoms with E-state index < -0.39 is 0 Å². The molecule has 1 saturated carbocycles. The van der Waals surface area contributed by atoms with Gasteiger partial charge in [0.15, 0.2) is 0 Å². The monoisotopic (exact) mass is 246 g/mol. The van der Waals surface area contributed by atoms with Crippen LogP contribution < -0.4 is 0 Å². The van der Waals surface area contributed by atoms with Crippen molar-refractivity contribution in [2.45, 2.75) is 63.5 Å². The molecule has 2 nitrogen and oxygen atoms in total. The van der Waals surface area contributed by atoms with Crippen LogP contribution in [0.3, 0.4) is 0 Å². The van der Waals surface area contributed by atoms with Crippen LogP contribution in [0.4, 0.5) is 0 Å². The van der Waals surface area contributed by atoms with Crippen LogP contribution in [0.5, 0.6) is 0 Å². The standard InChI is InChI=1S/C13H23ClO2/c1-3-13(4-2)11(14)8-12(13)16-9-10-6-5-7-15-10/h10-12H,3-9H2,1-2H3. The highest BCUT2D eigenvalue weighted by molar-refractivity contribution is 6.21. The Morgan fingerprint density at radius 3 is 2.62 bits per heavy atom. The zero-order chi connectivity index (χ0) is 11.6. The smallest absolute Gasteiger partial charge is 0.0809 e. The molecular formula is C13H23ClO2. The maximum atomic E-state index is 6.35. The molecular weight excluding hydrogens is 224 g/mol. The van der Waals surface area contributed by atoms with Crippen molar-refractivity contribution in [2.75, 3.05) is 13.2 Å². The van der Waals surface area contributed by atoms with Gasteiger partial charge in [0, 0.05) is 17.4 Å². The van der Waals surface area contributed by atoms with Crippen LogP contribution in [0.15, 0.2) is 0 Å². The van der Waals surface area contributed by atoms with E-state index in [1.807, 2.05) is 0 Å². The van der Waals surface area contributed by atoms with Gasteiger partial charge in [0.2, 0.25) is 0 Å². The quantitative estimate of drug-likeness (QED) is 0.693. The molecule has 0 N–H and O–H groups in total. The lowest BCUT2D eigenvalue weighted by Crippen LogP contribution is -2.55. The summed E-state index contributed by atoms with van der Waals surface area (Å²) in [6, 6.07) is 0. The van der Waals surface area contributed by atoms with Crippen LogP contribution >= 0.6 is 11.6 Å². The van der Waals surface area contributed by atoms with Crippen molar-refractivity contribution in [3.8, 4) is 0 Å². The van der Waals surface area contributed by atoms with Gasteiger partial charge in [0.05, 0.1) is 18.8 Å². The van der Waals surface area contributed by atoms with Gasteiger partial charge < -0.3 is 9.47 Å². The second kappa shape index (κ2) is 5.24. The number of rotatable bonds is 5. The maximum absolute atomic E-state index is 6.35. The number of ether oxygens (including phenoxy) is 2. The predicted molar refractivity (Wildman–Crippen MR) is 66.0 cm³/mol. The minimum absolute atomic E-state index is 0.222. The van der Waals surface area contributed by atoms with E-state index in [0.29, 0.717) is 17.6 Å². The summed E-state index contributed by atoms with van der Waals surface area (Å²) in [5.41, 5.74) is 0.222. The van der Waals surface area contributed by atoms with Crippen LogP contribution in [0.1, 0.15) is 46.0 Å². The van der Waals surface area contributed by atoms with Gasteiger partial charge in [0.25, 0.3) is 0 Å². The first-order valence-electron chi connectivity index (χ1n) is 6.60. The average molecular weight is 247 g/mol. The number of hydrogen-bond donors (Lipinski definition) is 0. The van der Waals surface area contributed by atoms with E-state index in [4.69, 9.17) is 21.1 Å². The maximum Gasteiger partial charge on any atom is 0.0809 e. The summed E-state index contributed by atoms with van der Waals surface area (Å²) in [7, 11) is 0. The van der Waals surface area contributed by atoms with Crippen molar-refractivity contribution in [3.05, 3.63) is 0 Å². The van der Waals surface area contributed by atoms with E-state index in [0.717, 1.165) is 38.9 Å². The van der Waals surface area contributed by atoms with Crippen molar-refractivity contribution in [1.29, 1.82) is 0 Å². The molecule has 1 saturated heterocycles. The molecule has 3 heteroatoms. The van der Waals surface area contributed by atoms with E-state index in [1.165, 1.54) is 6.42 Å². The van der Waals surface area contributed by atoms with Crippen LogP contribution in [0, 0.1) is 5.41 Å². The second-order valence-corrected chi connectivity index (χ2v) is 5.63. The summed E-state index contributed by atoms with van der Waals surface area (Å²) in [4.78, 5) is 0. The molecule has 2 aliphatic rings. The van der Waals surface area contributed by atoms with E-state index in [1.54, 1.807) is 0 Å². The normalized spacial score (nSPS) is 37.3. The Hall–Kier alpha value is 0.210. The van der Waals surface area contributed by atoms with Crippen molar-refractivity contribution in [2.24, 2.45) is 5.41 Å². The van der Waals surface area contributed by atoms with Gasteiger partial charge >= 0.3 is 0 Å². The fraction of sp³-hybridized carbons (Fsp3) is 1.00. The van der Waals surface area contributed by atoms with Crippen LogP contribution in [-0.2, 0) is 9.47 Å². The Kier molecular flexibility index (Phi) is 4.15. The fourth-order valence-electron chi connectivity index (χ4n) is 3.08.